The monoisotopic (exact) mass is 209 g/mol. The lowest BCUT2D eigenvalue weighted by atomic mass is 9.96. The molecule has 1 aliphatic rings. The van der Waals surface area contributed by atoms with E-state index in [2.05, 4.69) is 24.5 Å². The first kappa shape index (κ1) is 12.6. The molecule has 0 aromatic carbocycles. The lowest BCUT2D eigenvalue weighted by Crippen LogP contribution is -2.26. The van der Waals surface area contributed by atoms with Gasteiger partial charge in [-0.15, -0.1) is 0 Å². The average Bonchev–Trinajstić information content (AvgIpc) is 2.29. The normalized spacial score (nSPS) is 18.5. The van der Waals surface area contributed by atoms with Crippen LogP contribution in [-0.2, 0) is 0 Å². The molecule has 1 nitrogen and oxygen atoms in total. The summed E-state index contributed by atoms with van der Waals surface area (Å²) in [4.78, 5) is 0. The summed E-state index contributed by atoms with van der Waals surface area (Å²) in [5.74, 6) is 0. The fraction of sp³-hybridized carbons (Fsp3) is 0.857. The Kier molecular flexibility index (Phi) is 7.41. The van der Waals surface area contributed by atoms with Crippen LogP contribution < -0.4 is 5.32 Å². The van der Waals surface area contributed by atoms with Crippen molar-refractivity contribution < 1.29 is 0 Å². The maximum atomic E-state index is 3.53. The summed E-state index contributed by atoms with van der Waals surface area (Å²) in [5.41, 5.74) is 0. The summed E-state index contributed by atoms with van der Waals surface area (Å²) < 4.78 is 0. The third-order valence-corrected chi connectivity index (χ3v) is 3.28. The van der Waals surface area contributed by atoms with Gasteiger partial charge in [0.1, 0.15) is 0 Å². The van der Waals surface area contributed by atoms with E-state index in [1.807, 2.05) is 0 Å². The molecule has 1 aliphatic carbocycles. The van der Waals surface area contributed by atoms with Gasteiger partial charge in [0.25, 0.3) is 0 Å². The SMILES string of the molecule is CCCCCCC=CNC1CCCCC1. The van der Waals surface area contributed by atoms with Crippen molar-refractivity contribution in [2.45, 2.75) is 77.2 Å². The second-order valence-corrected chi connectivity index (χ2v) is 4.75. The largest absolute Gasteiger partial charge is 0.388 e. The molecule has 0 bridgehead atoms. The molecule has 1 fully saturated rings. The van der Waals surface area contributed by atoms with E-state index < -0.39 is 0 Å². The smallest absolute Gasteiger partial charge is 0.0255 e. The van der Waals surface area contributed by atoms with Gasteiger partial charge in [-0.3, -0.25) is 0 Å². The van der Waals surface area contributed by atoms with Crippen molar-refractivity contribution >= 4 is 0 Å². The minimum atomic E-state index is 0.769. The number of unbranched alkanes of at least 4 members (excludes halogenated alkanes) is 4. The van der Waals surface area contributed by atoms with E-state index in [9.17, 15) is 0 Å². The van der Waals surface area contributed by atoms with Crippen LogP contribution in [0.1, 0.15) is 71.1 Å². The highest BCUT2D eigenvalue weighted by Gasteiger charge is 2.10. The predicted octanol–water partition coefficient (Wildman–Crippen LogP) is 4.39. The Balaban J connectivity index is 1.91. The first-order chi connectivity index (χ1) is 7.43. The molecular formula is C14H27N. The summed E-state index contributed by atoms with van der Waals surface area (Å²) in [6, 6.07) is 0.769. The van der Waals surface area contributed by atoms with Gasteiger partial charge in [0.05, 0.1) is 0 Å². The van der Waals surface area contributed by atoms with Gasteiger partial charge in [-0.1, -0.05) is 51.5 Å². The van der Waals surface area contributed by atoms with Crippen LogP contribution in [0.5, 0.6) is 0 Å². The van der Waals surface area contributed by atoms with Gasteiger partial charge < -0.3 is 5.32 Å². The summed E-state index contributed by atoms with van der Waals surface area (Å²) in [5, 5.41) is 3.53. The number of nitrogens with one attached hydrogen (secondary N) is 1. The number of rotatable bonds is 7. The molecular weight excluding hydrogens is 182 g/mol. The lowest BCUT2D eigenvalue weighted by Gasteiger charge is -2.21. The van der Waals surface area contributed by atoms with E-state index in [4.69, 9.17) is 0 Å². The second kappa shape index (κ2) is 8.82. The number of hydrogen-bond acceptors (Lipinski definition) is 1. The second-order valence-electron chi connectivity index (χ2n) is 4.75. The molecule has 1 heteroatoms. The van der Waals surface area contributed by atoms with Crippen molar-refractivity contribution in [3.8, 4) is 0 Å². The zero-order valence-electron chi connectivity index (χ0n) is 10.3. The quantitative estimate of drug-likeness (QED) is 0.613. The van der Waals surface area contributed by atoms with Crippen LogP contribution in [-0.4, -0.2) is 6.04 Å². The Hall–Kier alpha value is -0.460. The van der Waals surface area contributed by atoms with Gasteiger partial charge in [-0.25, -0.2) is 0 Å². The van der Waals surface area contributed by atoms with Crippen molar-refractivity contribution in [2.24, 2.45) is 0 Å². The van der Waals surface area contributed by atoms with Crippen LogP contribution >= 0.6 is 0 Å². The van der Waals surface area contributed by atoms with Crippen molar-refractivity contribution in [1.29, 1.82) is 0 Å². The zero-order chi connectivity index (χ0) is 10.8. The molecule has 0 unspecified atom stereocenters. The zero-order valence-corrected chi connectivity index (χ0v) is 10.3. The van der Waals surface area contributed by atoms with E-state index in [-0.39, 0.29) is 0 Å². The first-order valence-electron chi connectivity index (χ1n) is 6.84. The van der Waals surface area contributed by atoms with Crippen molar-refractivity contribution in [3.05, 3.63) is 12.3 Å². The molecule has 0 spiro atoms. The molecule has 1 N–H and O–H groups in total. The Morgan fingerprint density at radius 2 is 1.87 bits per heavy atom. The molecule has 0 atom stereocenters. The molecule has 0 saturated heterocycles. The van der Waals surface area contributed by atoms with E-state index in [1.165, 1.54) is 64.2 Å². The highest BCUT2D eigenvalue weighted by molar-refractivity contribution is 4.84. The van der Waals surface area contributed by atoms with Crippen LogP contribution in [0.4, 0.5) is 0 Å². The fourth-order valence-corrected chi connectivity index (χ4v) is 2.25. The van der Waals surface area contributed by atoms with Crippen molar-refractivity contribution in [2.75, 3.05) is 0 Å². The maximum Gasteiger partial charge on any atom is 0.0255 e. The highest BCUT2D eigenvalue weighted by Crippen LogP contribution is 2.17. The molecule has 0 amide bonds. The van der Waals surface area contributed by atoms with Crippen LogP contribution in [0, 0.1) is 0 Å². The van der Waals surface area contributed by atoms with Crippen LogP contribution in [0.2, 0.25) is 0 Å². The predicted molar refractivity (Wildman–Crippen MR) is 67.9 cm³/mol. The lowest BCUT2D eigenvalue weighted by molar-refractivity contribution is 0.404. The molecule has 0 radical (unpaired) electrons. The summed E-state index contributed by atoms with van der Waals surface area (Å²) in [6.07, 6.45) is 18.3. The molecule has 0 heterocycles. The van der Waals surface area contributed by atoms with Crippen LogP contribution in [0.3, 0.4) is 0 Å². The molecule has 0 aromatic rings. The fourth-order valence-electron chi connectivity index (χ4n) is 2.25. The summed E-state index contributed by atoms with van der Waals surface area (Å²) in [6.45, 7) is 2.26. The minimum absolute atomic E-state index is 0.769. The van der Waals surface area contributed by atoms with Crippen molar-refractivity contribution in [3.63, 3.8) is 0 Å². The van der Waals surface area contributed by atoms with Crippen molar-refractivity contribution in [1.82, 2.24) is 5.32 Å². The number of hydrogen-bond donors (Lipinski definition) is 1. The van der Waals surface area contributed by atoms with E-state index in [0.29, 0.717) is 0 Å². The first-order valence-corrected chi connectivity index (χ1v) is 6.84. The number of allylic oxidation sites excluding steroid dienone is 1. The molecule has 1 saturated carbocycles. The minimum Gasteiger partial charge on any atom is -0.388 e. The summed E-state index contributed by atoms with van der Waals surface area (Å²) in [7, 11) is 0. The Labute approximate surface area is 95.3 Å². The van der Waals surface area contributed by atoms with E-state index in [0.717, 1.165) is 6.04 Å². The van der Waals surface area contributed by atoms with E-state index in [1.54, 1.807) is 0 Å². The highest BCUT2D eigenvalue weighted by atomic mass is 14.9. The Morgan fingerprint density at radius 1 is 1.07 bits per heavy atom. The summed E-state index contributed by atoms with van der Waals surface area (Å²) >= 11 is 0. The van der Waals surface area contributed by atoms with Crippen LogP contribution in [0.25, 0.3) is 0 Å². The van der Waals surface area contributed by atoms with Gasteiger partial charge >= 0.3 is 0 Å². The Morgan fingerprint density at radius 3 is 2.60 bits per heavy atom. The van der Waals surface area contributed by atoms with Gasteiger partial charge in [0, 0.05) is 6.04 Å². The molecule has 0 aliphatic heterocycles. The maximum absolute atomic E-state index is 3.53. The topological polar surface area (TPSA) is 12.0 Å². The molecule has 88 valence electrons. The standard InChI is InChI=1S/C14H27N/c1-2-3-4-5-6-10-13-15-14-11-8-7-9-12-14/h10,13-15H,2-9,11-12H2,1H3. The third kappa shape index (κ3) is 6.59. The molecule has 0 aromatic heterocycles. The van der Waals surface area contributed by atoms with E-state index >= 15 is 0 Å². The third-order valence-electron chi connectivity index (χ3n) is 3.28. The Bertz CT molecular complexity index is 157. The van der Waals surface area contributed by atoms with Crippen LogP contribution in [0.15, 0.2) is 12.3 Å². The average molecular weight is 209 g/mol. The van der Waals surface area contributed by atoms with Gasteiger partial charge in [-0.05, 0) is 31.9 Å². The van der Waals surface area contributed by atoms with Gasteiger partial charge in [0.2, 0.25) is 0 Å². The van der Waals surface area contributed by atoms with Gasteiger partial charge in [-0.2, -0.15) is 0 Å². The van der Waals surface area contributed by atoms with Gasteiger partial charge in [0.15, 0.2) is 0 Å². The molecule has 15 heavy (non-hydrogen) atoms. The molecule has 1 rings (SSSR count).